The molecule has 7 heteroatoms. The molecule has 0 aliphatic heterocycles. The van der Waals surface area contributed by atoms with Gasteiger partial charge in [0.15, 0.2) is 0 Å². The summed E-state index contributed by atoms with van der Waals surface area (Å²) in [6.45, 7) is 0.185. The van der Waals surface area contributed by atoms with Crippen molar-refractivity contribution < 1.29 is 32.2 Å². The number of carboxylic acid groups (broad SMARTS) is 1. The summed E-state index contributed by atoms with van der Waals surface area (Å²) in [7, 11) is 0. The lowest BCUT2D eigenvalue weighted by molar-refractivity contribution is -0.138. The van der Waals surface area contributed by atoms with E-state index in [1.54, 1.807) is 18.2 Å². The van der Waals surface area contributed by atoms with Crippen molar-refractivity contribution in [3.8, 4) is 0 Å². The van der Waals surface area contributed by atoms with Crippen molar-refractivity contribution in [3.05, 3.63) is 35.6 Å². The molecule has 0 atom stereocenters. The summed E-state index contributed by atoms with van der Waals surface area (Å²) in [6.07, 6.45) is -5.11. The van der Waals surface area contributed by atoms with E-state index >= 15 is 0 Å². The Morgan fingerprint density at radius 2 is 2.05 bits per heavy atom. The third kappa shape index (κ3) is 4.49. The minimum atomic E-state index is -4.16. The number of carboxylic acids is 1. The maximum Gasteiger partial charge on any atom is 0.389 e. The summed E-state index contributed by atoms with van der Waals surface area (Å²) in [5, 5.41) is 9.43. The molecule has 0 saturated heterocycles. The monoisotopic (exact) mass is 302 g/mol. The number of aromatic carboxylic acids is 1. The summed E-state index contributed by atoms with van der Waals surface area (Å²) in [6, 6.07) is 6.37. The minimum absolute atomic E-state index is 0.0172. The fraction of sp³-hybridized carbons (Fsp3) is 0.357. The molecule has 0 radical (unpaired) electrons. The predicted molar refractivity (Wildman–Crippen MR) is 68.1 cm³/mol. The third-order valence-electron chi connectivity index (χ3n) is 2.81. The maximum atomic E-state index is 11.9. The lowest BCUT2D eigenvalue weighted by atomic mass is 10.2. The van der Waals surface area contributed by atoms with E-state index in [0.29, 0.717) is 11.0 Å². The van der Waals surface area contributed by atoms with Crippen LogP contribution in [0, 0.1) is 0 Å². The number of benzene rings is 1. The van der Waals surface area contributed by atoms with Gasteiger partial charge in [0.2, 0.25) is 5.76 Å². The predicted octanol–water partition coefficient (Wildman–Crippen LogP) is 3.99. The van der Waals surface area contributed by atoms with Gasteiger partial charge in [0, 0.05) is 18.4 Å². The highest BCUT2D eigenvalue weighted by molar-refractivity contribution is 5.91. The number of ether oxygens (including phenoxy) is 1. The molecule has 0 saturated carbocycles. The fourth-order valence-electron chi connectivity index (χ4n) is 1.85. The summed E-state index contributed by atoms with van der Waals surface area (Å²) >= 11 is 0. The largest absolute Gasteiger partial charge is 0.475 e. The molecule has 2 aromatic rings. The van der Waals surface area contributed by atoms with Gasteiger partial charge in [0.05, 0.1) is 6.61 Å². The van der Waals surface area contributed by atoms with Gasteiger partial charge in [0.25, 0.3) is 0 Å². The van der Waals surface area contributed by atoms with Crippen molar-refractivity contribution in [3.63, 3.8) is 0 Å². The standard InChI is InChI=1S/C14H13F3O4/c15-14(16,17)4-1-5-20-8-9-2-3-11-10(6-9)7-12(21-11)13(18)19/h2-3,6-7H,1,4-5,8H2,(H,18,19). The second kappa shape index (κ2) is 6.17. The van der Waals surface area contributed by atoms with Crippen LogP contribution < -0.4 is 0 Å². The Labute approximate surface area is 118 Å². The quantitative estimate of drug-likeness (QED) is 0.820. The molecule has 2 rings (SSSR count). The van der Waals surface area contributed by atoms with E-state index in [-0.39, 0.29) is 25.4 Å². The number of furan rings is 1. The molecule has 0 spiro atoms. The Morgan fingerprint density at radius 3 is 2.71 bits per heavy atom. The first-order chi connectivity index (χ1) is 9.85. The number of hydrogen-bond donors (Lipinski definition) is 1. The third-order valence-corrected chi connectivity index (χ3v) is 2.81. The van der Waals surface area contributed by atoms with E-state index in [1.165, 1.54) is 6.07 Å². The van der Waals surface area contributed by atoms with Crippen LogP contribution in [0.3, 0.4) is 0 Å². The molecule has 1 N–H and O–H groups in total. The summed E-state index contributed by atoms with van der Waals surface area (Å²) in [4.78, 5) is 10.8. The molecular formula is C14H13F3O4. The summed E-state index contributed by atoms with van der Waals surface area (Å²) in [5.41, 5.74) is 1.18. The van der Waals surface area contributed by atoms with Gasteiger partial charge in [-0.05, 0) is 30.2 Å². The van der Waals surface area contributed by atoms with Gasteiger partial charge in [-0.15, -0.1) is 0 Å². The smallest absolute Gasteiger partial charge is 0.389 e. The first-order valence-electron chi connectivity index (χ1n) is 6.25. The van der Waals surface area contributed by atoms with Crippen molar-refractivity contribution in [2.45, 2.75) is 25.6 Å². The highest BCUT2D eigenvalue weighted by atomic mass is 19.4. The zero-order valence-corrected chi connectivity index (χ0v) is 10.9. The fourth-order valence-corrected chi connectivity index (χ4v) is 1.85. The molecule has 1 aromatic heterocycles. The maximum absolute atomic E-state index is 11.9. The average molecular weight is 302 g/mol. The molecule has 0 fully saturated rings. The van der Waals surface area contributed by atoms with Crippen LogP contribution in [0.25, 0.3) is 11.0 Å². The Bertz CT molecular complexity index is 631. The van der Waals surface area contributed by atoms with Crippen molar-refractivity contribution in [1.29, 1.82) is 0 Å². The van der Waals surface area contributed by atoms with Crippen LogP contribution in [0.1, 0.15) is 29.0 Å². The van der Waals surface area contributed by atoms with E-state index in [9.17, 15) is 18.0 Å². The van der Waals surface area contributed by atoms with Crippen LogP contribution in [-0.2, 0) is 11.3 Å². The molecule has 1 heterocycles. The van der Waals surface area contributed by atoms with Gasteiger partial charge in [-0.25, -0.2) is 4.79 Å². The van der Waals surface area contributed by atoms with E-state index in [2.05, 4.69) is 0 Å². The zero-order chi connectivity index (χ0) is 15.5. The van der Waals surface area contributed by atoms with Crippen LogP contribution in [0.15, 0.2) is 28.7 Å². The lowest BCUT2D eigenvalue weighted by Gasteiger charge is -2.07. The Hall–Kier alpha value is -2.02. The van der Waals surface area contributed by atoms with Crippen molar-refractivity contribution in [1.82, 2.24) is 0 Å². The second-order valence-electron chi connectivity index (χ2n) is 4.56. The number of carbonyl (C=O) groups is 1. The van der Waals surface area contributed by atoms with Crippen LogP contribution in [-0.4, -0.2) is 23.9 Å². The van der Waals surface area contributed by atoms with E-state index in [0.717, 1.165) is 5.56 Å². The minimum Gasteiger partial charge on any atom is -0.475 e. The van der Waals surface area contributed by atoms with Gasteiger partial charge < -0.3 is 14.3 Å². The molecule has 21 heavy (non-hydrogen) atoms. The van der Waals surface area contributed by atoms with Crippen molar-refractivity contribution in [2.75, 3.05) is 6.61 Å². The molecule has 0 aliphatic rings. The van der Waals surface area contributed by atoms with E-state index in [1.807, 2.05) is 0 Å². The second-order valence-corrected chi connectivity index (χ2v) is 4.56. The van der Waals surface area contributed by atoms with Gasteiger partial charge in [0.1, 0.15) is 5.58 Å². The summed E-state index contributed by atoms with van der Waals surface area (Å²) < 4.78 is 46.1. The van der Waals surface area contributed by atoms with E-state index in [4.69, 9.17) is 14.3 Å². The number of rotatable bonds is 6. The zero-order valence-electron chi connectivity index (χ0n) is 10.9. The number of hydrogen-bond acceptors (Lipinski definition) is 3. The SMILES string of the molecule is O=C(O)c1cc2cc(COCCCC(F)(F)F)ccc2o1. The molecular weight excluding hydrogens is 289 g/mol. The number of alkyl halides is 3. The lowest BCUT2D eigenvalue weighted by Crippen LogP contribution is -2.08. The number of fused-ring (bicyclic) bond motifs is 1. The topological polar surface area (TPSA) is 59.7 Å². The molecule has 1 aromatic carbocycles. The Balaban J connectivity index is 1.89. The average Bonchev–Trinajstić information content (AvgIpc) is 2.80. The Morgan fingerprint density at radius 1 is 1.29 bits per heavy atom. The highest BCUT2D eigenvalue weighted by Gasteiger charge is 2.25. The van der Waals surface area contributed by atoms with Crippen LogP contribution in [0.4, 0.5) is 13.2 Å². The van der Waals surface area contributed by atoms with Gasteiger partial charge in [-0.1, -0.05) is 6.07 Å². The van der Waals surface area contributed by atoms with E-state index < -0.39 is 18.6 Å². The van der Waals surface area contributed by atoms with Crippen LogP contribution in [0.5, 0.6) is 0 Å². The normalized spacial score (nSPS) is 12.0. The molecule has 0 amide bonds. The van der Waals surface area contributed by atoms with Crippen LogP contribution in [0.2, 0.25) is 0 Å². The van der Waals surface area contributed by atoms with Crippen molar-refractivity contribution >= 4 is 16.9 Å². The first kappa shape index (κ1) is 15.4. The molecule has 0 unspecified atom stereocenters. The molecule has 0 aliphatic carbocycles. The highest BCUT2D eigenvalue weighted by Crippen LogP contribution is 2.22. The van der Waals surface area contributed by atoms with Gasteiger partial charge >= 0.3 is 12.1 Å². The van der Waals surface area contributed by atoms with Crippen molar-refractivity contribution in [2.24, 2.45) is 0 Å². The number of halogens is 3. The molecule has 4 nitrogen and oxygen atoms in total. The molecule has 0 bridgehead atoms. The van der Waals surface area contributed by atoms with Gasteiger partial charge in [-0.2, -0.15) is 13.2 Å². The Kier molecular flexibility index (Phi) is 4.52. The van der Waals surface area contributed by atoms with Gasteiger partial charge in [-0.3, -0.25) is 0 Å². The molecule has 114 valence electrons. The summed E-state index contributed by atoms with van der Waals surface area (Å²) in [5.74, 6) is -1.32. The van der Waals surface area contributed by atoms with Crippen LogP contribution >= 0.6 is 0 Å². The first-order valence-corrected chi connectivity index (χ1v) is 6.25.